The molecule has 4 nitrogen and oxygen atoms in total. The predicted molar refractivity (Wildman–Crippen MR) is 62.5 cm³/mol. The Morgan fingerprint density at radius 3 is 2.73 bits per heavy atom. The standard InChI is InChI=1S/C10H16BrN3O/c1-15-10(4-2-3-5-10)7-14-6-8(11)9(12)13-14/h6H,2-5,7H2,1H3,(H2,12,13). The molecular formula is C10H16BrN3O. The van der Waals surface area contributed by atoms with Crippen LogP contribution in [0.2, 0.25) is 0 Å². The average molecular weight is 274 g/mol. The summed E-state index contributed by atoms with van der Waals surface area (Å²) in [4.78, 5) is 0. The number of aromatic nitrogens is 2. The van der Waals surface area contributed by atoms with E-state index in [2.05, 4.69) is 21.0 Å². The van der Waals surface area contributed by atoms with Gasteiger partial charge in [-0.25, -0.2) is 0 Å². The fourth-order valence-corrected chi connectivity index (χ4v) is 2.55. The van der Waals surface area contributed by atoms with Crippen LogP contribution in [0.15, 0.2) is 10.7 Å². The highest BCUT2D eigenvalue weighted by Crippen LogP contribution is 2.34. The zero-order valence-corrected chi connectivity index (χ0v) is 10.5. The average Bonchev–Trinajstić information content (AvgIpc) is 2.77. The molecule has 1 fully saturated rings. The zero-order chi connectivity index (χ0) is 10.9. The lowest BCUT2D eigenvalue weighted by Gasteiger charge is -2.27. The van der Waals surface area contributed by atoms with Gasteiger partial charge in [0.15, 0.2) is 5.82 Å². The summed E-state index contributed by atoms with van der Waals surface area (Å²) in [6.45, 7) is 0.791. The van der Waals surface area contributed by atoms with Gasteiger partial charge in [-0.1, -0.05) is 12.8 Å². The monoisotopic (exact) mass is 273 g/mol. The van der Waals surface area contributed by atoms with Crippen LogP contribution >= 0.6 is 15.9 Å². The lowest BCUT2D eigenvalue weighted by atomic mass is 10.0. The number of methoxy groups -OCH3 is 1. The zero-order valence-electron chi connectivity index (χ0n) is 8.87. The van der Waals surface area contributed by atoms with Crippen LogP contribution in [0.3, 0.4) is 0 Å². The van der Waals surface area contributed by atoms with Crippen LogP contribution < -0.4 is 5.73 Å². The summed E-state index contributed by atoms with van der Waals surface area (Å²) in [5.74, 6) is 0.541. The van der Waals surface area contributed by atoms with Gasteiger partial charge in [0, 0.05) is 13.3 Å². The van der Waals surface area contributed by atoms with Gasteiger partial charge < -0.3 is 10.5 Å². The van der Waals surface area contributed by atoms with E-state index in [9.17, 15) is 0 Å². The molecule has 1 heterocycles. The van der Waals surface area contributed by atoms with Crippen LogP contribution in [0.1, 0.15) is 25.7 Å². The van der Waals surface area contributed by atoms with E-state index in [-0.39, 0.29) is 5.60 Å². The van der Waals surface area contributed by atoms with Crippen molar-refractivity contribution in [3.05, 3.63) is 10.7 Å². The normalized spacial score (nSPS) is 19.6. The molecule has 0 atom stereocenters. The van der Waals surface area contributed by atoms with Gasteiger partial charge in [-0.2, -0.15) is 5.10 Å². The van der Waals surface area contributed by atoms with Gasteiger partial charge in [-0.3, -0.25) is 4.68 Å². The van der Waals surface area contributed by atoms with Gasteiger partial charge in [-0.05, 0) is 28.8 Å². The molecule has 0 unspecified atom stereocenters. The molecule has 1 aromatic rings. The lowest BCUT2D eigenvalue weighted by Crippen LogP contribution is -2.33. The second-order valence-corrected chi connectivity index (χ2v) is 5.01. The van der Waals surface area contributed by atoms with Crippen LogP contribution in [0.25, 0.3) is 0 Å². The Labute approximate surface area is 97.9 Å². The number of nitrogen functional groups attached to an aromatic ring is 1. The molecule has 2 rings (SSSR count). The Hall–Kier alpha value is -0.550. The second kappa shape index (κ2) is 4.14. The summed E-state index contributed by atoms with van der Waals surface area (Å²) in [6, 6.07) is 0. The molecule has 0 bridgehead atoms. The van der Waals surface area contributed by atoms with Crippen LogP contribution in [0.5, 0.6) is 0 Å². The Kier molecular flexibility index (Phi) is 3.02. The fraction of sp³-hybridized carbons (Fsp3) is 0.700. The number of hydrogen-bond donors (Lipinski definition) is 1. The lowest BCUT2D eigenvalue weighted by molar-refractivity contribution is -0.0207. The highest BCUT2D eigenvalue weighted by molar-refractivity contribution is 9.10. The van der Waals surface area contributed by atoms with Crippen molar-refractivity contribution < 1.29 is 4.74 Å². The highest BCUT2D eigenvalue weighted by atomic mass is 79.9. The van der Waals surface area contributed by atoms with E-state index in [0.29, 0.717) is 5.82 Å². The maximum absolute atomic E-state index is 5.68. The SMILES string of the molecule is COC1(Cn2cc(Br)c(N)n2)CCCC1. The fourth-order valence-electron chi connectivity index (χ4n) is 2.23. The Morgan fingerprint density at radius 1 is 1.60 bits per heavy atom. The summed E-state index contributed by atoms with van der Waals surface area (Å²) < 4.78 is 8.36. The van der Waals surface area contributed by atoms with Crippen molar-refractivity contribution in [3.63, 3.8) is 0 Å². The summed E-state index contributed by atoms with van der Waals surface area (Å²) in [5, 5.41) is 4.23. The molecular weight excluding hydrogens is 258 g/mol. The number of hydrogen-bond acceptors (Lipinski definition) is 3. The van der Waals surface area contributed by atoms with Crippen molar-refractivity contribution in [2.75, 3.05) is 12.8 Å². The third-order valence-corrected chi connectivity index (χ3v) is 3.75. The second-order valence-electron chi connectivity index (χ2n) is 4.15. The molecule has 1 aliphatic carbocycles. The maximum atomic E-state index is 5.68. The molecule has 0 aromatic carbocycles. The van der Waals surface area contributed by atoms with Gasteiger partial charge in [0.2, 0.25) is 0 Å². The highest BCUT2D eigenvalue weighted by Gasteiger charge is 2.34. The molecule has 1 aromatic heterocycles. The molecule has 15 heavy (non-hydrogen) atoms. The van der Waals surface area contributed by atoms with E-state index in [1.54, 1.807) is 7.11 Å². The molecule has 84 valence electrons. The first-order chi connectivity index (χ1) is 7.15. The van der Waals surface area contributed by atoms with Crippen molar-refractivity contribution in [3.8, 4) is 0 Å². The molecule has 0 saturated heterocycles. The number of halogens is 1. The molecule has 1 saturated carbocycles. The van der Waals surface area contributed by atoms with Crippen molar-refractivity contribution in [1.29, 1.82) is 0 Å². The first-order valence-corrected chi connectivity index (χ1v) is 5.98. The van der Waals surface area contributed by atoms with E-state index in [1.807, 2.05) is 10.9 Å². The number of nitrogens with zero attached hydrogens (tertiary/aromatic N) is 2. The first-order valence-electron chi connectivity index (χ1n) is 5.19. The Morgan fingerprint density at radius 2 is 2.27 bits per heavy atom. The quantitative estimate of drug-likeness (QED) is 0.919. The number of nitrogens with two attached hydrogens (primary N) is 1. The number of anilines is 1. The van der Waals surface area contributed by atoms with E-state index in [0.717, 1.165) is 23.9 Å². The number of ether oxygens (including phenoxy) is 1. The van der Waals surface area contributed by atoms with E-state index >= 15 is 0 Å². The molecule has 1 aliphatic rings. The van der Waals surface area contributed by atoms with Gasteiger partial charge in [0.1, 0.15) is 0 Å². The molecule has 0 radical (unpaired) electrons. The van der Waals surface area contributed by atoms with Gasteiger partial charge >= 0.3 is 0 Å². The van der Waals surface area contributed by atoms with Crippen LogP contribution in [-0.2, 0) is 11.3 Å². The van der Waals surface area contributed by atoms with Crippen molar-refractivity contribution in [1.82, 2.24) is 9.78 Å². The van der Waals surface area contributed by atoms with Gasteiger partial charge in [0.25, 0.3) is 0 Å². The van der Waals surface area contributed by atoms with Gasteiger partial charge in [-0.15, -0.1) is 0 Å². The third-order valence-electron chi connectivity index (χ3n) is 3.14. The predicted octanol–water partition coefficient (Wildman–Crippen LogP) is 2.19. The summed E-state index contributed by atoms with van der Waals surface area (Å²) >= 11 is 3.36. The van der Waals surface area contributed by atoms with Crippen LogP contribution in [-0.4, -0.2) is 22.5 Å². The Bertz CT molecular complexity index is 325. The molecule has 5 heteroatoms. The summed E-state index contributed by atoms with van der Waals surface area (Å²) in [6.07, 6.45) is 6.62. The van der Waals surface area contributed by atoms with E-state index in [1.165, 1.54) is 12.8 Å². The first kappa shape index (κ1) is 11.0. The van der Waals surface area contributed by atoms with Crippen LogP contribution in [0.4, 0.5) is 5.82 Å². The molecule has 0 amide bonds. The van der Waals surface area contributed by atoms with E-state index in [4.69, 9.17) is 10.5 Å². The summed E-state index contributed by atoms with van der Waals surface area (Å²) in [5.41, 5.74) is 5.65. The minimum atomic E-state index is -0.0299. The van der Waals surface area contributed by atoms with Crippen LogP contribution in [0, 0.1) is 0 Å². The smallest absolute Gasteiger partial charge is 0.159 e. The largest absolute Gasteiger partial charge is 0.381 e. The topological polar surface area (TPSA) is 53.1 Å². The molecule has 0 aliphatic heterocycles. The van der Waals surface area contributed by atoms with Crippen molar-refractivity contribution >= 4 is 21.7 Å². The number of rotatable bonds is 3. The molecule has 2 N–H and O–H groups in total. The molecule has 0 spiro atoms. The van der Waals surface area contributed by atoms with E-state index < -0.39 is 0 Å². The maximum Gasteiger partial charge on any atom is 0.159 e. The minimum Gasteiger partial charge on any atom is -0.381 e. The van der Waals surface area contributed by atoms with Gasteiger partial charge in [0.05, 0.1) is 16.6 Å². The van der Waals surface area contributed by atoms with Crippen molar-refractivity contribution in [2.24, 2.45) is 0 Å². The minimum absolute atomic E-state index is 0.0299. The van der Waals surface area contributed by atoms with Crippen molar-refractivity contribution in [2.45, 2.75) is 37.8 Å². The summed E-state index contributed by atoms with van der Waals surface area (Å²) in [7, 11) is 1.78. The Balaban J connectivity index is 2.12. The third kappa shape index (κ3) is 2.18.